The maximum absolute atomic E-state index is 12.4. The molecule has 6 heteroatoms. The number of carbonyl (C=O) groups excluding carboxylic acids is 2. The molecular weight excluding hydrogens is 376 g/mol. The average molecular weight is 421 g/mol. The fourth-order valence-electron chi connectivity index (χ4n) is 4.92. The average Bonchev–Trinajstić information content (AvgIpc) is 2.68. The smallest absolute Gasteiger partial charge is 0.315 e. The first-order chi connectivity index (χ1) is 14.3. The summed E-state index contributed by atoms with van der Waals surface area (Å²) in [6.07, 6.45) is 9.80. The van der Waals surface area contributed by atoms with Crippen LogP contribution in [-0.4, -0.2) is 56.6 Å². The van der Waals surface area contributed by atoms with Gasteiger partial charge < -0.3 is 20.9 Å². The summed E-state index contributed by atoms with van der Waals surface area (Å²) in [4.78, 5) is 26.8. The number of likely N-dealkylation sites (N-methyl/N-ethyl adjacent to an activating group) is 1. The molecule has 172 valence electrons. The van der Waals surface area contributed by atoms with Crippen molar-refractivity contribution in [1.29, 1.82) is 0 Å². The Morgan fingerprint density at radius 1 is 1.13 bits per heavy atom. The predicted octanol–water partition coefficient (Wildman–Crippen LogP) is 3.54. The van der Waals surface area contributed by atoms with Crippen molar-refractivity contribution in [3.63, 3.8) is 0 Å². The Hall–Kier alpha value is -1.56. The summed E-state index contributed by atoms with van der Waals surface area (Å²) in [7, 11) is 4.02. The fraction of sp³-hybridized carbons (Fsp3) is 0.833. The molecular formula is C24H44N4O2. The number of allylic oxidation sites excluding steroid dienone is 1. The molecule has 0 aromatic carbocycles. The van der Waals surface area contributed by atoms with E-state index in [1.807, 2.05) is 14.1 Å². The molecule has 1 fully saturated rings. The number of amides is 3. The number of nitrogens with one attached hydrogen (secondary N) is 3. The van der Waals surface area contributed by atoms with E-state index in [0.717, 1.165) is 25.8 Å². The molecule has 1 saturated carbocycles. The van der Waals surface area contributed by atoms with Gasteiger partial charge in [0, 0.05) is 32.1 Å². The van der Waals surface area contributed by atoms with Gasteiger partial charge in [-0.05, 0) is 64.0 Å². The highest BCUT2D eigenvalue weighted by Crippen LogP contribution is 2.38. The molecule has 0 aromatic rings. The van der Waals surface area contributed by atoms with Crippen LogP contribution in [0.3, 0.4) is 0 Å². The molecule has 30 heavy (non-hydrogen) atoms. The molecule has 3 amide bonds. The standard InChI is InChI=1S/C24H44N4O2/c1-17(2)22-14-19(15-23(29)25-11-12-28(4)5)18(3)13-20(22)16-26-24(30)27-21-9-7-6-8-10-21/h13,17,19-22H,6-12,14-16H2,1-5H3,(H,25,29)(H2,26,27,30). The number of hydrogen-bond donors (Lipinski definition) is 3. The van der Waals surface area contributed by atoms with Gasteiger partial charge >= 0.3 is 6.03 Å². The molecule has 3 N–H and O–H groups in total. The monoisotopic (exact) mass is 420 g/mol. The molecule has 0 saturated heterocycles. The van der Waals surface area contributed by atoms with Crippen LogP contribution in [-0.2, 0) is 4.79 Å². The Kier molecular flexibility index (Phi) is 10.2. The molecule has 6 nitrogen and oxygen atoms in total. The topological polar surface area (TPSA) is 73.5 Å². The van der Waals surface area contributed by atoms with E-state index < -0.39 is 0 Å². The molecule has 0 aliphatic heterocycles. The summed E-state index contributed by atoms with van der Waals surface area (Å²) in [5, 5.41) is 9.31. The summed E-state index contributed by atoms with van der Waals surface area (Å²) in [5.74, 6) is 1.75. The number of urea groups is 1. The van der Waals surface area contributed by atoms with Crippen LogP contribution in [0, 0.1) is 23.7 Å². The van der Waals surface area contributed by atoms with Gasteiger partial charge in [0.05, 0.1) is 0 Å². The first-order valence-electron chi connectivity index (χ1n) is 11.9. The molecule has 0 bridgehead atoms. The van der Waals surface area contributed by atoms with Crippen molar-refractivity contribution in [2.75, 3.05) is 33.7 Å². The van der Waals surface area contributed by atoms with Crippen molar-refractivity contribution >= 4 is 11.9 Å². The van der Waals surface area contributed by atoms with Gasteiger partial charge in [0.2, 0.25) is 5.91 Å². The third kappa shape index (κ3) is 8.29. The van der Waals surface area contributed by atoms with Crippen LogP contribution in [0.4, 0.5) is 4.79 Å². The maximum atomic E-state index is 12.4. The Balaban J connectivity index is 1.86. The molecule has 2 aliphatic rings. The molecule has 3 unspecified atom stereocenters. The first-order valence-corrected chi connectivity index (χ1v) is 11.9. The largest absolute Gasteiger partial charge is 0.355 e. The van der Waals surface area contributed by atoms with E-state index in [-0.39, 0.29) is 11.9 Å². The van der Waals surface area contributed by atoms with Crippen LogP contribution in [0.15, 0.2) is 11.6 Å². The van der Waals surface area contributed by atoms with Crippen molar-refractivity contribution in [2.45, 2.75) is 71.8 Å². The Labute approximate surface area is 183 Å². The number of nitrogens with zero attached hydrogens (tertiary/aromatic N) is 1. The quantitative estimate of drug-likeness (QED) is 0.500. The highest BCUT2D eigenvalue weighted by Gasteiger charge is 2.32. The minimum absolute atomic E-state index is 0.0298. The van der Waals surface area contributed by atoms with Crippen LogP contribution < -0.4 is 16.0 Å². The van der Waals surface area contributed by atoms with Crippen LogP contribution in [0.5, 0.6) is 0 Å². The minimum atomic E-state index is -0.0298. The van der Waals surface area contributed by atoms with E-state index in [1.165, 1.54) is 24.8 Å². The fourth-order valence-corrected chi connectivity index (χ4v) is 4.92. The number of hydrogen-bond acceptors (Lipinski definition) is 3. The van der Waals surface area contributed by atoms with Gasteiger partial charge in [-0.15, -0.1) is 0 Å². The second-order valence-electron chi connectivity index (χ2n) is 9.96. The predicted molar refractivity (Wildman–Crippen MR) is 123 cm³/mol. The van der Waals surface area contributed by atoms with E-state index in [4.69, 9.17) is 0 Å². The third-order valence-electron chi connectivity index (χ3n) is 6.84. The van der Waals surface area contributed by atoms with Gasteiger partial charge in [0.25, 0.3) is 0 Å². The molecule has 0 aromatic heterocycles. The lowest BCUT2D eigenvalue weighted by atomic mass is 9.70. The van der Waals surface area contributed by atoms with Crippen LogP contribution in [0.25, 0.3) is 0 Å². The number of rotatable bonds is 9. The van der Waals surface area contributed by atoms with Crippen molar-refractivity contribution < 1.29 is 9.59 Å². The van der Waals surface area contributed by atoms with E-state index in [1.54, 1.807) is 0 Å². The van der Waals surface area contributed by atoms with E-state index in [9.17, 15) is 9.59 Å². The van der Waals surface area contributed by atoms with Crippen molar-refractivity contribution in [3.8, 4) is 0 Å². The lowest BCUT2D eigenvalue weighted by Crippen LogP contribution is -2.45. The summed E-state index contributed by atoms with van der Waals surface area (Å²) in [5.41, 5.74) is 1.29. The second-order valence-corrected chi connectivity index (χ2v) is 9.96. The summed E-state index contributed by atoms with van der Waals surface area (Å²) in [6.45, 7) is 8.86. The highest BCUT2D eigenvalue weighted by molar-refractivity contribution is 5.76. The molecule has 0 spiro atoms. The summed E-state index contributed by atoms with van der Waals surface area (Å²) < 4.78 is 0. The van der Waals surface area contributed by atoms with Gasteiger partial charge in [-0.1, -0.05) is 44.8 Å². The second kappa shape index (κ2) is 12.3. The van der Waals surface area contributed by atoms with E-state index in [0.29, 0.717) is 49.2 Å². The van der Waals surface area contributed by atoms with Gasteiger partial charge in [-0.2, -0.15) is 0 Å². The number of carbonyl (C=O) groups is 2. The SMILES string of the molecule is CC1=CC(CNC(=O)NC2CCCCC2)C(C(C)C)CC1CC(=O)NCCN(C)C. The molecule has 0 radical (unpaired) electrons. The van der Waals surface area contributed by atoms with Gasteiger partial charge in [0.15, 0.2) is 0 Å². The van der Waals surface area contributed by atoms with Crippen LogP contribution >= 0.6 is 0 Å². The van der Waals surface area contributed by atoms with Crippen molar-refractivity contribution in [2.24, 2.45) is 23.7 Å². The minimum Gasteiger partial charge on any atom is -0.355 e. The lowest BCUT2D eigenvalue weighted by molar-refractivity contribution is -0.122. The zero-order valence-electron chi connectivity index (χ0n) is 19.8. The van der Waals surface area contributed by atoms with Gasteiger partial charge in [0.1, 0.15) is 0 Å². The Bertz CT molecular complexity index is 582. The normalized spacial score (nSPS) is 25.2. The Morgan fingerprint density at radius 2 is 1.83 bits per heavy atom. The van der Waals surface area contributed by atoms with Crippen LogP contribution in [0.2, 0.25) is 0 Å². The van der Waals surface area contributed by atoms with E-state index >= 15 is 0 Å². The first kappa shape index (κ1) is 24.7. The third-order valence-corrected chi connectivity index (χ3v) is 6.84. The maximum Gasteiger partial charge on any atom is 0.315 e. The van der Waals surface area contributed by atoms with E-state index in [2.05, 4.69) is 47.7 Å². The Morgan fingerprint density at radius 3 is 2.47 bits per heavy atom. The molecule has 3 atom stereocenters. The molecule has 2 aliphatic carbocycles. The molecule has 0 heterocycles. The lowest BCUT2D eigenvalue weighted by Gasteiger charge is -2.37. The van der Waals surface area contributed by atoms with Gasteiger partial charge in [-0.25, -0.2) is 4.79 Å². The van der Waals surface area contributed by atoms with Crippen molar-refractivity contribution in [3.05, 3.63) is 11.6 Å². The zero-order chi connectivity index (χ0) is 22.1. The molecule has 2 rings (SSSR count). The summed E-state index contributed by atoms with van der Waals surface area (Å²) >= 11 is 0. The van der Waals surface area contributed by atoms with Crippen LogP contribution in [0.1, 0.15) is 65.7 Å². The van der Waals surface area contributed by atoms with Gasteiger partial charge in [-0.3, -0.25) is 4.79 Å². The van der Waals surface area contributed by atoms with Crippen molar-refractivity contribution in [1.82, 2.24) is 20.9 Å². The zero-order valence-corrected chi connectivity index (χ0v) is 19.8. The summed E-state index contributed by atoms with van der Waals surface area (Å²) in [6, 6.07) is 0.302. The highest BCUT2D eigenvalue weighted by atomic mass is 16.2.